The summed E-state index contributed by atoms with van der Waals surface area (Å²) in [6.45, 7) is 1.82. The first-order chi connectivity index (χ1) is 13.4. The first-order valence-electron chi connectivity index (χ1n) is 8.95. The fraction of sp³-hybridized carbons (Fsp3) is 0.273. The highest BCUT2D eigenvalue weighted by Gasteiger charge is 2.26. The number of benzene rings is 2. The Morgan fingerprint density at radius 3 is 2.14 bits per heavy atom. The molecule has 6 heteroatoms. The zero-order chi connectivity index (χ0) is 20.3. The van der Waals surface area contributed by atoms with E-state index in [4.69, 9.17) is 4.74 Å². The van der Waals surface area contributed by atoms with Crippen LogP contribution < -0.4 is 0 Å². The van der Waals surface area contributed by atoms with Gasteiger partial charge < -0.3 is 4.74 Å². The molecule has 2 unspecified atom stereocenters. The topological polar surface area (TPSA) is 9.23 Å². The van der Waals surface area contributed by atoms with Crippen LogP contribution in [0.4, 0.5) is 22.0 Å². The Morgan fingerprint density at radius 2 is 1.61 bits per heavy atom. The lowest BCUT2D eigenvalue weighted by Gasteiger charge is -2.29. The number of hydrogen-bond donors (Lipinski definition) is 0. The molecule has 1 fully saturated rings. The monoisotopic (exact) mass is 394 g/mol. The molecule has 0 aliphatic carbocycles. The van der Waals surface area contributed by atoms with E-state index < -0.39 is 29.1 Å². The van der Waals surface area contributed by atoms with Crippen LogP contribution in [0.1, 0.15) is 48.5 Å². The second kappa shape index (κ2) is 8.69. The standard InChI is InChI=1S/C22H19F5O/c1-2-3-17(23)21(26)14-6-4-13(5-7-14)20-9-8-15(12-28-20)16-10-18(24)22(27)19(25)11-16/h2-7,10-11,15,20H,8-9,12H2,1H3/b3-2+,21-17+. The Bertz CT molecular complexity index is 871. The van der Waals surface area contributed by atoms with Gasteiger partial charge >= 0.3 is 0 Å². The molecule has 0 bridgehead atoms. The van der Waals surface area contributed by atoms with Gasteiger partial charge in [-0.25, -0.2) is 22.0 Å². The Morgan fingerprint density at radius 1 is 0.964 bits per heavy atom. The lowest BCUT2D eigenvalue weighted by atomic mass is 9.89. The highest BCUT2D eigenvalue weighted by atomic mass is 19.2. The van der Waals surface area contributed by atoms with Gasteiger partial charge in [-0.2, -0.15) is 0 Å². The van der Waals surface area contributed by atoms with E-state index in [2.05, 4.69) is 0 Å². The highest BCUT2D eigenvalue weighted by Crippen LogP contribution is 2.36. The summed E-state index contributed by atoms with van der Waals surface area (Å²) in [6.07, 6.45) is 3.38. The third-order valence-corrected chi connectivity index (χ3v) is 4.81. The normalized spacial score (nSPS) is 21.1. The van der Waals surface area contributed by atoms with E-state index >= 15 is 0 Å². The van der Waals surface area contributed by atoms with Crippen molar-refractivity contribution in [1.82, 2.24) is 0 Å². The van der Waals surface area contributed by atoms with Gasteiger partial charge in [0, 0.05) is 11.5 Å². The molecule has 0 aromatic heterocycles. The summed E-state index contributed by atoms with van der Waals surface area (Å²) in [4.78, 5) is 0. The molecule has 28 heavy (non-hydrogen) atoms. The molecule has 2 aromatic carbocycles. The molecule has 2 aromatic rings. The fourth-order valence-electron chi connectivity index (χ4n) is 3.29. The van der Waals surface area contributed by atoms with Crippen LogP contribution >= 0.6 is 0 Å². The average molecular weight is 394 g/mol. The molecular formula is C22H19F5O. The van der Waals surface area contributed by atoms with Gasteiger partial charge in [-0.05, 0) is 49.1 Å². The third kappa shape index (κ3) is 4.33. The van der Waals surface area contributed by atoms with E-state index in [-0.39, 0.29) is 24.2 Å². The van der Waals surface area contributed by atoms with Crippen molar-refractivity contribution in [3.05, 3.63) is 88.5 Å². The third-order valence-electron chi connectivity index (χ3n) is 4.81. The van der Waals surface area contributed by atoms with E-state index in [9.17, 15) is 22.0 Å². The molecule has 1 aliphatic heterocycles. The molecule has 0 saturated carbocycles. The Balaban J connectivity index is 1.68. The molecule has 0 amide bonds. The molecule has 1 nitrogen and oxygen atoms in total. The van der Waals surface area contributed by atoms with Crippen molar-refractivity contribution in [2.45, 2.75) is 31.8 Å². The zero-order valence-corrected chi connectivity index (χ0v) is 15.2. The fourth-order valence-corrected chi connectivity index (χ4v) is 3.29. The number of rotatable bonds is 4. The molecule has 0 N–H and O–H groups in total. The van der Waals surface area contributed by atoms with Gasteiger partial charge in [0.05, 0.1) is 12.7 Å². The van der Waals surface area contributed by atoms with Crippen LogP contribution in [-0.2, 0) is 4.74 Å². The number of allylic oxidation sites excluding steroid dienone is 3. The Kier molecular flexibility index (Phi) is 6.29. The molecule has 1 saturated heterocycles. The molecule has 3 rings (SSSR count). The van der Waals surface area contributed by atoms with Crippen molar-refractivity contribution < 1.29 is 26.7 Å². The predicted octanol–water partition coefficient (Wildman–Crippen LogP) is 6.92. The minimum atomic E-state index is -1.48. The predicted molar refractivity (Wildman–Crippen MR) is 97.4 cm³/mol. The number of ether oxygens (including phenoxy) is 1. The minimum absolute atomic E-state index is 0.130. The van der Waals surface area contributed by atoms with E-state index in [0.717, 1.165) is 23.8 Å². The SMILES string of the molecule is C/C=C/C(F)=C(\F)c1ccc(C2CCC(c3cc(F)c(F)c(F)c3)CO2)cc1. The van der Waals surface area contributed by atoms with Crippen molar-refractivity contribution in [2.24, 2.45) is 0 Å². The second-order valence-corrected chi connectivity index (χ2v) is 6.68. The molecule has 2 atom stereocenters. The van der Waals surface area contributed by atoms with Gasteiger partial charge in [0.2, 0.25) is 0 Å². The van der Waals surface area contributed by atoms with Gasteiger partial charge in [-0.15, -0.1) is 0 Å². The molecule has 0 radical (unpaired) electrons. The van der Waals surface area contributed by atoms with Crippen molar-refractivity contribution in [1.29, 1.82) is 0 Å². The average Bonchev–Trinajstić information content (AvgIpc) is 2.71. The largest absolute Gasteiger partial charge is 0.373 e. The zero-order valence-electron chi connectivity index (χ0n) is 15.2. The van der Waals surface area contributed by atoms with Gasteiger partial charge in [-0.1, -0.05) is 30.3 Å². The maximum atomic E-state index is 14.0. The summed E-state index contributed by atoms with van der Waals surface area (Å²) < 4.78 is 73.2. The highest BCUT2D eigenvalue weighted by molar-refractivity contribution is 5.63. The molecular weight excluding hydrogens is 375 g/mol. The van der Waals surface area contributed by atoms with Gasteiger partial charge in [0.25, 0.3) is 0 Å². The second-order valence-electron chi connectivity index (χ2n) is 6.68. The van der Waals surface area contributed by atoms with E-state index in [1.54, 1.807) is 19.1 Å². The molecule has 1 heterocycles. The van der Waals surface area contributed by atoms with Crippen molar-refractivity contribution in [2.75, 3.05) is 6.61 Å². The quantitative estimate of drug-likeness (QED) is 0.311. The van der Waals surface area contributed by atoms with Crippen LogP contribution in [0.5, 0.6) is 0 Å². The smallest absolute Gasteiger partial charge is 0.194 e. The summed E-state index contributed by atoms with van der Waals surface area (Å²) in [5.41, 5.74) is 1.29. The summed E-state index contributed by atoms with van der Waals surface area (Å²) in [6, 6.07) is 8.29. The van der Waals surface area contributed by atoms with Crippen LogP contribution in [0.3, 0.4) is 0 Å². The Hall–Kier alpha value is -2.47. The van der Waals surface area contributed by atoms with Crippen molar-refractivity contribution in [3.8, 4) is 0 Å². The van der Waals surface area contributed by atoms with E-state index in [1.165, 1.54) is 18.2 Å². The van der Waals surface area contributed by atoms with E-state index in [0.29, 0.717) is 18.4 Å². The summed E-state index contributed by atoms with van der Waals surface area (Å²) >= 11 is 0. The summed E-state index contributed by atoms with van der Waals surface area (Å²) in [5.74, 6) is -6.03. The van der Waals surface area contributed by atoms with Crippen LogP contribution in [0.2, 0.25) is 0 Å². The van der Waals surface area contributed by atoms with E-state index in [1.807, 2.05) is 0 Å². The lowest BCUT2D eigenvalue weighted by Crippen LogP contribution is -2.19. The van der Waals surface area contributed by atoms with Crippen molar-refractivity contribution >= 4 is 5.83 Å². The molecule has 0 spiro atoms. The molecule has 1 aliphatic rings. The molecule has 148 valence electrons. The summed E-state index contributed by atoms with van der Waals surface area (Å²) in [7, 11) is 0. The van der Waals surface area contributed by atoms with Gasteiger partial charge in [0.15, 0.2) is 29.1 Å². The maximum absolute atomic E-state index is 14.0. The maximum Gasteiger partial charge on any atom is 0.194 e. The summed E-state index contributed by atoms with van der Waals surface area (Å²) in [5, 5.41) is 0. The number of halogens is 5. The first-order valence-corrected chi connectivity index (χ1v) is 8.95. The van der Waals surface area contributed by atoms with Gasteiger partial charge in [-0.3, -0.25) is 0 Å². The van der Waals surface area contributed by atoms with Crippen LogP contribution in [0.25, 0.3) is 5.83 Å². The van der Waals surface area contributed by atoms with Crippen LogP contribution in [0, 0.1) is 17.5 Å². The first kappa shape index (κ1) is 20.3. The van der Waals surface area contributed by atoms with Crippen LogP contribution in [0.15, 0.2) is 54.4 Å². The minimum Gasteiger partial charge on any atom is -0.373 e. The Labute approximate surface area is 160 Å². The van der Waals surface area contributed by atoms with Crippen LogP contribution in [-0.4, -0.2) is 6.61 Å². The van der Waals surface area contributed by atoms with Crippen molar-refractivity contribution in [3.63, 3.8) is 0 Å². The van der Waals surface area contributed by atoms with Gasteiger partial charge in [0.1, 0.15) is 0 Å². The number of hydrogen-bond acceptors (Lipinski definition) is 1. The lowest BCUT2D eigenvalue weighted by molar-refractivity contribution is 0.00225.